The summed E-state index contributed by atoms with van der Waals surface area (Å²) in [5.74, 6) is -1.75. The number of hydrogen-bond acceptors (Lipinski definition) is 9. The number of methoxy groups -OCH3 is 2. The minimum Gasteiger partial charge on any atom is -0.493 e. The average molecular weight is 514 g/mol. The van der Waals surface area contributed by atoms with Crippen molar-refractivity contribution >= 4 is 34.5 Å². The molecule has 14 heteroatoms. The molecule has 2 aromatic carbocycles. The highest BCUT2D eigenvalue weighted by molar-refractivity contribution is 7.12. The highest BCUT2D eigenvalue weighted by atomic mass is 32.1. The summed E-state index contributed by atoms with van der Waals surface area (Å²) in [6, 6.07) is 7.89. The van der Waals surface area contributed by atoms with Crippen LogP contribution in [0.2, 0.25) is 0 Å². The second kappa shape index (κ2) is 9.87. The third-order valence-electron chi connectivity index (χ3n) is 5.11. The summed E-state index contributed by atoms with van der Waals surface area (Å²) in [6.45, 7) is 0. The van der Waals surface area contributed by atoms with E-state index >= 15 is 4.39 Å². The van der Waals surface area contributed by atoms with Crippen LogP contribution >= 0.6 is 11.3 Å². The number of carboxylic acids is 1. The van der Waals surface area contributed by atoms with Crippen LogP contribution in [0.4, 0.5) is 15.8 Å². The van der Waals surface area contributed by atoms with E-state index in [0.29, 0.717) is 11.3 Å². The van der Waals surface area contributed by atoms with Crippen LogP contribution in [0.15, 0.2) is 40.6 Å². The standard InChI is InChI=1S/C22H20FN7O5S/c1-34-13-7-11(8-14-28-22(33)30(29-14)20-18(21(31)32)36-9-26-20)15(23)16(17(13)35-2)27-12-5-3-10(4-6-12)19(24)25/h3-7,9,27H,8H2,1-2H3,(H3,24,25)(H,31,32)(H,28,29,33). The van der Waals surface area contributed by atoms with E-state index in [1.165, 1.54) is 25.8 Å². The zero-order valence-corrected chi connectivity index (χ0v) is 19.8. The zero-order valence-electron chi connectivity index (χ0n) is 19.0. The van der Waals surface area contributed by atoms with E-state index in [1.807, 2.05) is 0 Å². The Hall–Kier alpha value is -4.72. The molecule has 0 aliphatic heterocycles. The van der Waals surface area contributed by atoms with Gasteiger partial charge in [0, 0.05) is 23.2 Å². The summed E-state index contributed by atoms with van der Waals surface area (Å²) < 4.78 is 27.3. The number of benzene rings is 2. The smallest absolute Gasteiger partial charge is 0.349 e. The fourth-order valence-electron chi connectivity index (χ4n) is 3.45. The molecule has 2 aromatic heterocycles. The first-order chi connectivity index (χ1) is 17.2. The lowest BCUT2D eigenvalue weighted by atomic mass is 10.1. The monoisotopic (exact) mass is 513 g/mol. The Morgan fingerprint density at radius 2 is 2.03 bits per heavy atom. The van der Waals surface area contributed by atoms with Gasteiger partial charge in [0.1, 0.15) is 17.3 Å². The molecule has 12 nitrogen and oxygen atoms in total. The number of nitrogens with zero attached hydrogens (tertiary/aromatic N) is 3. The molecule has 2 heterocycles. The molecule has 0 fully saturated rings. The van der Waals surface area contributed by atoms with Gasteiger partial charge in [-0.3, -0.25) is 10.4 Å². The van der Waals surface area contributed by atoms with E-state index in [1.54, 1.807) is 24.3 Å². The number of nitrogens with one attached hydrogen (secondary N) is 3. The van der Waals surface area contributed by atoms with Crippen LogP contribution < -0.4 is 26.2 Å². The molecule has 0 atom stereocenters. The molecule has 0 unspecified atom stereocenters. The van der Waals surface area contributed by atoms with Crippen LogP contribution in [0.5, 0.6) is 11.5 Å². The molecule has 36 heavy (non-hydrogen) atoms. The van der Waals surface area contributed by atoms with Crippen LogP contribution in [0.3, 0.4) is 0 Å². The van der Waals surface area contributed by atoms with E-state index < -0.39 is 17.5 Å². The van der Waals surface area contributed by atoms with Crippen molar-refractivity contribution in [1.82, 2.24) is 19.7 Å². The first kappa shape index (κ1) is 24.4. The fraction of sp³-hybridized carbons (Fsp3) is 0.136. The molecular weight excluding hydrogens is 493 g/mol. The Kier molecular flexibility index (Phi) is 6.69. The first-order valence-corrected chi connectivity index (χ1v) is 11.1. The lowest BCUT2D eigenvalue weighted by molar-refractivity contribution is 0.0701. The van der Waals surface area contributed by atoms with Crippen LogP contribution in [-0.2, 0) is 6.42 Å². The molecule has 0 saturated heterocycles. The number of nitrogen functional groups attached to an aromatic ring is 1. The molecule has 6 N–H and O–H groups in total. The number of halogens is 1. The third-order valence-corrected chi connectivity index (χ3v) is 5.92. The first-order valence-electron chi connectivity index (χ1n) is 10.2. The van der Waals surface area contributed by atoms with Gasteiger partial charge in [-0.05, 0) is 30.3 Å². The molecule has 0 bridgehead atoms. The van der Waals surface area contributed by atoms with Crippen LogP contribution in [0, 0.1) is 11.2 Å². The van der Waals surface area contributed by atoms with Crippen LogP contribution in [-0.4, -0.2) is 50.9 Å². The van der Waals surface area contributed by atoms with Gasteiger partial charge in [-0.25, -0.2) is 19.0 Å². The number of carboxylic acid groups (broad SMARTS) is 1. The van der Waals surface area contributed by atoms with Gasteiger partial charge >= 0.3 is 11.7 Å². The largest absolute Gasteiger partial charge is 0.493 e. The number of nitrogens with two attached hydrogens (primary N) is 1. The maximum absolute atomic E-state index is 15.7. The average Bonchev–Trinajstić information content (AvgIpc) is 3.48. The van der Waals surface area contributed by atoms with Crippen LogP contribution in [0.1, 0.15) is 26.6 Å². The molecule has 0 aliphatic carbocycles. The van der Waals surface area contributed by atoms with Gasteiger partial charge in [-0.1, -0.05) is 0 Å². The maximum Gasteiger partial charge on any atom is 0.349 e. The number of hydrogen-bond donors (Lipinski definition) is 5. The number of aromatic amines is 1. The number of aromatic nitrogens is 4. The summed E-state index contributed by atoms with van der Waals surface area (Å²) >= 11 is 0.849. The molecule has 0 radical (unpaired) electrons. The number of thiazole rings is 1. The van der Waals surface area contributed by atoms with Gasteiger partial charge in [0.25, 0.3) is 0 Å². The van der Waals surface area contributed by atoms with Gasteiger partial charge < -0.3 is 25.6 Å². The number of anilines is 2. The SMILES string of the molecule is COc1cc(Cc2nn(-c3ncsc3C(=O)O)c(=O)[nH]2)c(F)c(Nc2ccc(C(=N)N)cc2)c1OC. The van der Waals surface area contributed by atoms with E-state index in [4.69, 9.17) is 20.6 Å². The van der Waals surface area contributed by atoms with E-state index in [9.17, 15) is 14.7 Å². The Morgan fingerprint density at radius 3 is 2.64 bits per heavy atom. The molecule has 0 aliphatic rings. The third kappa shape index (κ3) is 4.61. The molecule has 4 aromatic rings. The minimum atomic E-state index is -1.25. The minimum absolute atomic E-state index is 0.0168. The lowest BCUT2D eigenvalue weighted by Gasteiger charge is -2.18. The van der Waals surface area contributed by atoms with Gasteiger partial charge in [-0.2, -0.15) is 4.68 Å². The lowest BCUT2D eigenvalue weighted by Crippen LogP contribution is -2.18. The van der Waals surface area contributed by atoms with Crippen molar-refractivity contribution in [3.8, 4) is 17.3 Å². The van der Waals surface area contributed by atoms with Gasteiger partial charge in [0.05, 0.1) is 19.7 Å². The van der Waals surface area contributed by atoms with Crippen molar-refractivity contribution in [3.63, 3.8) is 0 Å². The molecule has 0 spiro atoms. The van der Waals surface area contributed by atoms with Gasteiger partial charge in [0.15, 0.2) is 28.0 Å². The van der Waals surface area contributed by atoms with E-state index in [0.717, 1.165) is 16.0 Å². The van der Waals surface area contributed by atoms with Gasteiger partial charge in [-0.15, -0.1) is 16.4 Å². The summed E-state index contributed by atoms with van der Waals surface area (Å²) in [5, 5.41) is 23.9. The predicted octanol–water partition coefficient (Wildman–Crippen LogP) is 2.49. The molecule has 0 amide bonds. The fourth-order valence-corrected chi connectivity index (χ4v) is 4.05. The van der Waals surface area contributed by atoms with Gasteiger partial charge in [0.2, 0.25) is 0 Å². The highest BCUT2D eigenvalue weighted by Gasteiger charge is 2.23. The number of amidine groups is 1. The molecular formula is C22H20FN7O5S. The normalized spacial score (nSPS) is 10.8. The maximum atomic E-state index is 15.7. The summed E-state index contributed by atoms with van der Waals surface area (Å²) in [6.07, 6.45) is -0.154. The Balaban J connectivity index is 1.72. The Bertz CT molecular complexity index is 1510. The van der Waals surface area contributed by atoms with Crippen molar-refractivity contribution in [2.75, 3.05) is 19.5 Å². The van der Waals surface area contributed by atoms with Crippen LogP contribution in [0.25, 0.3) is 5.82 Å². The van der Waals surface area contributed by atoms with Crippen molar-refractivity contribution in [2.45, 2.75) is 6.42 Å². The van der Waals surface area contributed by atoms with E-state index in [-0.39, 0.29) is 51.5 Å². The van der Waals surface area contributed by atoms with Crippen molar-refractivity contribution < 1.29 is 23.8 Å². The molecule has 0 saturated carbocycles. The predicted molar refractivity (Wildman–Crippen MR) is 130 cm³/mol. The number of carbonyl (C=O) groups is 1. The van der Waals surface area contributed by atoms with E-state index in [2.05, 4.69) is 20.4 Å². The Morgan fingerprint density at radius 1 is 1.31 bits per heavy atom. The molecule has 4 rings (SSSR count). The second-order valence-electron chi connectivity index (χ2n) is 7.35. The summed E-state index contributed by atoms with van der Waals surface area (Å²) in [7, 11) is 2.77. The number of H-pyrrole nitrogens is 1. The highest BCUT2D eigenvalue weighted by Crippen LogP contribution is 2.41. The molecule has 186 valence electrons. The van der Waals surface area contributed by atoms with Crippen molar-refractivity contribution in [2.24, 2.45) is 5.73 Å². The number of aromatic carboxylic acids is 1. The Labute approximate surface area is 206 Å². The topological polar surface area (TPSA) is 181 Å². The second-order valence-corrected chi connectivity index (χ2v) is 8.21. The summed E-state index contributed by atoms with van der Waals surface area (Å²) in [5.41, 5.74) is 7.16. The number of ether oxygens (including phenoxy) is 2. The zero-order chi connectivity index (χ0) is 26.0. The summed E-state index contributed by atoms with van der Waals surface area (Å²) in [4.78, 5) is 30.1. The van der Waals surface area contributed by atoms with Crippen molar-refractivity contribution in [3.05, 3.63) is 74.0 Å². The van der Waals surface area contributed by atoms with Crippen molar-refractivity contribution in [1.29, 1.82) is 5.41 Å². The number of rotatable bonds is 9. The quantitative estimate of drug-likeness (QED) is 0.166.